The molecule has 0 spiro atoms. The number of hydrogen-bond acceptors (Lipinski definition) is 3. The maximum absolute atomic E-state index is 12.3. The molecule has 114 valence electrons. The Morgan fingerprint density at radius 1 is 1.33 bits per heavy atom. The molecule has 1 aromatic rings. The van der Waals surface area contributed by atoms with Crippen molar-refractivity contribution in [1.82, 2.24) is 10.2 Å². The summed E-state index contributed by atoms with van der Waals surface area (Å²) in [4.78, 5) is 24.9. The molecular weight excluding hydrogens is 272 g/mol. The Morgan fingerprint density at radius 2 is 2.00 bits per heavy atom. The van der Waals surface area contributed by atoms with E-state index >= 15 is 0 Å². The first kappa shape index (κ1) is 15.3. The second kappa shape index (κ2) is 5.73. The summed E-state index contributed by atoms with van der Waals surface area (Å²) >= 11 is 0. The van der Waals surface area contributed by atoms with Gasteiger partial charge >= 0.3 is 12.0 Å². The van der Waals surface area contributed by atoms with Crippen molar-refractivity contribution in [3.05, 3.63) is 34.9 Å². The van der Waals surface area contributed by atoms with Gasteiger partial charge in [-0.3, -0.25) is 0 Å². The zero-order valence-electron chi connectivity index (χ0n) is 12.5. The summed E-state index contributed by atoms with van der Waals surface area (Å²) in [7, 11) is 1.59. The molecular formula is C15H20N2O4. The molecule has 2 rings (SSSR count). The molecule has 0 aromatic heterocycles. The van der Waals surface area contributed by atoms with Gasteiger partial charge in [0.05, 0.1) is 17.7 Å². The van der Waals surface area contributed by atoms with Crippen molar-refractivity contribution < 1.29 is 19.4 Å². The highest BCUT2D eigenvalue weighted by atomic mass is 16.5. The molecule has 1 aromatic carbocycles. The molecule has 0 atom stereocenters. The van der Waals surface area contributed by atoms with Gasteiger partial charge in [0.1, 0.15) is 0 Å². The topological polar surface area (TPSA) is 78.9 Å². The minimum absolute atomic E-state index is 0.176. The summed E-state index contributed by atoms with van der Waals surface area (Å²) in [6.45, 7) is 5.11. The minimum Gasteiger partial charge on any atom is -0.478 e. The fraction of sp³-hybridized carbons (Fsp3) is 0.467. The molecule has 1 aliphatic heterocycles. The lowest BCUT2D eigenvalue weighted by Gasteiger charge is -2.28. The first-order valence-corrected chi connectivity index (χ1v) is 6.73. The molecule has 2 N–H and O–H groups in total. The van der Waals surface area contributed by atoms with Gasteiger partial charge in [-0.05, 0) is 37.1 Å². The first-order chi connectivity index (χ1) is 9.82. The molecule has 0 unspecified atom stereocenters. The van der Waals surface area contributed by atoms with E-state index in [-0.39, 0.29) is 11.6 Å². The van der Waals surface area contributed by atoms with Crippen molar-refractivity contribution in [2.75, 3.05) is 13.7 Å². The predicted octanol–water partition coefficient (Wildman–Crippen LogP) is 1.84. The summed E-state index contributed by atoms with van der Waals surface area (Å²) < 4.78 is 5.08. The van der Waals surface area contributed by atoms with Crippen LogP contribution >= 0.6 is 0 Å². The Balaban J connectivity index is 2.05. The van der Waals surface area contributed by atoms with Crippen LogP contribution in [0.1, 0.15) is 35.3 Å². The van der Waals surface area contributed by atoms with E-state index in [1.165, 1.54) is 0 Å². The molecule has 0 aliphatic carbocycles. The van der Waals surface area contributed by atoms with Crippen molar-refractivity contribution in [2.45, 2.75) is 32.5 Å². The fourth-order valence-electron chi connectivity index (χ4n) is 2.44. The van der Waals surface area contributed by atoms with Crippen LogP contribution in [-0.4, -0.2) is 41.3 Å². The second-order valence-corrected chi connectivity index (χ2v) is 5.89. The highest BCUT2D eigenvalue weighted by Crippen LogP contribution is 2.24. The van der Waals surface area contributed by atoms with E-state index in [9.17, 15) is 9.59 Å². The monoisotopic (exact) mass is 292 g/mol. The number of aromatic carboxylic acids is 1. The lowest BCUT2D eigenvalue weighted by molar-refractivity contribution is 0.0696. The number of methoxy groups -OCH3 is 1. The third-order valence-corrected chi connectivity index (χ3v) is 3.41. The van der Waals surface area contributed by atoms with Crippen molar-refractivity contribution in [1.29, 1.82) is 0 Å². The van der Waals surface area contributed by atoms with Crippen LogP contribution in [0, 0.1) is 0 Å². The van der Waals surface area contributed by atoms with Crippen LogP contribution < -0.4 is 5.32 Å². The number of nitrogens with zero attached hydrogens (tertiary/aromatic N) is 1. The smallest absolute Gasteiger partial charge is 0.335 e. The summed E-state index contributed by atoms with van der Waals surface area (Å²) in [6, 6.07) is 4.79. The van der Waals surface area contributed by atoms with E-state index in [0.717, 1.165) is 11.1 Å². The van der Waals surface area contributed by atoms with Gasteiger partial charge in [-0.15, -0.1) is 0 Å². The van der Waals surface area contributed by atoms with Gasteiger partial charge in [0.25, 0.3) is 0 Å². The van der Waals surface area contributed by atoms with Gasteiger partial charge in [0.15, 0.2) is 0 Å². The number of urea groups is 1. The van der Waals surface area contributed by atoms with Gasteiger partial charge in [-0.2, -0.15) is 0 Å². The normalized spacial score (nSPS) is 14.0. The van der Waals surface area contributed by atoms with Gasteiger partial charge in [-0.25, -0.2) is 9.59 Å². The molecule has 1 aliphatic rings. The highest BCUT2D eigenvalue weighted by Gasteiger charge is 2.28. The highest BCUT2D eigenvalue weighted by molar-refractivity contribution is 5.88. The quantitative estimate of drug-likeness (QED) is 0.887. The predicted molar refractivity (Wildman–Crippen MR) is 77.1 cm³/mol. The van der Waals surface area contributed by atoms with E-state index in [4.69, 9.17) is 9.84 Å². The van der Waals surface area contributed by atoms with E-state index in [0.29, 0.717) is 19.7 Å². The largest absolute Gasteiger partial charge is 0.478 e. The second-order valence-electron chi connectivity index (χ2n) is 5.89. The number of hydrogen-bond donors (Lipinski definition) is 2. The molecule has 0 saturated carbocycles. The number of carbonyl (C=O) groups is 2. The summed E-state index contributed by atoms with van der Waals surface area (Å²) in [6.07, 6.45) is 0. The number of nitrogens with one attached hydrogen (secondary N) is 1. The van der Waals surface area contributed by atoms with E-state index in [1.54, 1.807) is 30.2 Å². The Kier molecular flexibility index (Phi) is 4.18. The van der Waals surface area contributed by atoms with E-state index in [1.807, 2.05) is 13.8 Å². The Morgan fingerprint density at radius 3 is 2.62 bits per heavy atom. The third-order valence-electron chi connectivity index (χ3n) is 3.41. The molecule has 0 fully saturated rings. The molecule has 6 heteroatoms. The number of ether oxygens (including phenoxy) is 1. The van der Waals surface area contributed by atoms with Crippen molar-refractivity contribution in [3.8, 4) is 0 Å². The number of fused-ring (bicyclic) bond motifs is 1. The molecule has 2 amide bonds. The third kappa shape index (κ3) is 3.52. The van der Waals surface area contributed by atoms with Gasteiger partial charge in [-0.1, -0.05) is 6.07 Å². The SMILES string of the molecule is COCC(C)(C)NC(=O)N1Cc2ccc(C(=O)O)cc2C1. The summed E-state index contributed by atoms with van der Waals surface area (Å²) in [5.74, 6) is -0.957. The number of amides is 2. The number of rotatable bonds is 4. The molecule has 1 heterocycles. The van der Waals surface area contributed by atoms with Crippen LogP contribution in [0.15, 0.2) is 18.2 Å². The Labute approximate surface area is 123 Å². The van der Waals surface area contributed by atoms with Crippen LogP contribution in [0.3, 0.4) is 0 Å². The maximum atomic E-state index is 12.3. The fourth-order valence-corrected chi connectivity index (χ4v) is 2.44. The first-order valence-electron chi connectivity index (χ1n) is 6.73. The lowest BCUT2D eigenvalue weighted by Crippen LogP contribution is -2.51. The van der Waals surface area contributed by atoms with Gasteiger partial charge in [0, 0.05) is 20.2 Å². The molecule has 0 bridgehead atoms. The van der Waals surface area contributed by atoms with Crippen molar-refractivity contribution in [3.63, 3.8) is 0 Å². The Hall–Kier alpha value is -2.08. The average Bonchev–Trinajstić information content (AvgIpc) is 2.80. The van der Waals surface area contributed by atoms with Crippen LogP contribution in [0.25, 0.3) is 0 Å². The van der Waals surface area contributed by atoms with Crippen LogP contribution in [-0.2, 0) is 17.8 Å². The van der Waals surface area contributed by atoms with E-state index in [2.05, 4.69) is 5.32 Å². The van der Waals surface area contributed by atoms with Gasteiger partial charge in [0.2, 0.25) is 0 Å². The minimum atomic E-state index is -0.957. The molecule has 0 saturated heterocycles. The average molecular weight is 292 g/mol. The molecule has 6 nitrogen and oxygen atoms in total. The van der Waals surface area contributed by atoms with Crippen LogP contribution in [0.5, 0.6) is 0 Å². The van der Waals surface area contributed by atoms with Crippen LogP contribution in [0.4, 0.5) is 4.79 Å². The number of carbonyl (C=O) groups excluding carboxylic acids is 1. The Bertz CT molecular complexity index is 569. The number of benzene rings is 1. The molecule has 0 radical (unpaired) electrons. The van der Waals surface area contributed by atoms with Gasteiger partial charge < -0.3 is 20.1 Å². The lowest BCUT2D eigenvalue weighted by atomic mass is 10.1. The summed E-state index contributed by atoms with van der Waals surface area (Å²) in [5, 5.41) is 11.9. The van der Waals surface area contributed by atoms with Crippen molar-refractivity contribution >= 4 is 12.0 Å². The number of carboxylic acids is 1. The number of carboxylic acid groups (broad SMARTS) is 1. The maximum Gasteiger partial charge on any atom is 0.335 e. The standard InChI is InChI=1S/C15H20N2O4/c1-15(2,9-21-3)16-14(20)17-7-11-5-4-10(13(18)19)6-12(11)8-17/h4-6H,7-9H2,1-3H3,(H,16,20)(H,18,19). The zero-order chi connectivity index (χ0) is 15.6. The molecule has 21 heavy (non-hydrogen) atoms. The van der Waals surface area contributed by atoms with Crippen molar-refractivity contribution in [2.24, 2.45) is 0 Å². The van der Waals surface area contributed by atoms with Crippen LogP contribution in [0.2, 0.25) is 0 Å². The van der Waals surface area contributed by atoms with E-state index < -0.39 is 11.5 Å². The summed E-state index contributed by atoms with van der Waals surface area (Å²) in [5.41, 5.74) is 1.66. The zero-order valence-corrected chi connectivity index (χ0v) is 12.5.